The Kier molecular flexibility index (Phi) is 5.85. The monoisotopic (exact) mass is 456 g/mol. The van der Waals surface area contributed by atoms with Crippen LogP contribution in [0, 0.1) is 0 Å². The molecule has 0 aliphatic rings. The smallest absolute Gasteiger partial charge is 0.261 e. The SMILES string of the molecule is O=S(=O)(Nc1ccc(NS(=O)(=O)c2ccc(Cl)cc2)c(Cl)c1)c1ccccc1. The zero-order valence-electron chi connectivity index (χ0n) is 14.1. The molecule has 6 nitrogen and oxygen atoms in total. The van der Waals surface area contributed by atoms with Gasteiger partial charge in [-0.25, -0.2) is 16.8 Å². The van der Waals surface area contributed by atoms with Crippen LogP contribution in [0.2, 0.25) is 10.0 Å². The van der Waals surface area contributed by atoms with Gasteiger partial charge in [0, 0.05) is 5.02 Å². The summed E-state index contributed by atoms with van der Waals surface area (Å²) in [6, 6.07) is 17.6. The first-order valence-corrected chi connectivity index (χ1v) is 11.6. The van der Waals surface area contributed by atoms with E-state index in [1.54, 1.807) is 18.2 Å². The molecule has 0 atom stereocenters. The summed E-state index contributed by atoms with van der Waals surface area (Å²) in [7, 11) is -7.66. The van der Waals surface area contributed by atoms with Crippen molar-refractivity contribution in [3.8, 4) is 0 Å². The number of halogens is 2. The lowest BCUT2D eigenvalue weighted by atomic mass is 10.3. The molecule has 0 fully saturated rings. The third-order valence-corrected chi connectivity index (χ3v) is 6.99. The topological polar surface area (TPSA) is 92.3 Å². The molecular weight excluding hydrogens is 443 g/mol. The van der Waals surface area contributed by atoms with E-state index < -0.39 is 20.0 Å². The molecule has 0 aliphatic heterocycles. The number of nitrogens with one attached hydrogen (secondary N) is 2. The average molecular weight is 457 g/mol. The van der Waals surface area contributed by atoms with Crippen LogP contribution in [0.3, 0.4) is 0 Å². The van der Waals surface area contributed by atoms with E-state index in [-0.39, 0.29) is 26.2 Å². The Morgan fingerprint density at radius 2 is 1.21 bits per heavy atom. The molecule has 0 amide bonds. The molecule has 3 rings (SSSR count). The first-order valence-electron chi connectivity index (χ1n) is 7.83. The lowest BCUT2D eigenvalue weighted by Crippen LogP contribution is -2.14. The molecule has 0 saturated heterocycles. The van der Waals surface area contributed by atoms with Crippen LogP contribution in [-0.2, 0) is 20.0 Å². The zero-order chi connectivity index (χ0) is 20.4. The predicted octanol–water partition coefficient (Wildman–Crippen LogP) is 4.60. The Balaban J connectivity index is 1.82. The minimum absolute atomic E-state index is 0.0156. The molecule has 28 heavy (non-hydrogen) atoms. The number of hydrogen-bond donors (Lipinski definition) is 2. The van der Waals surface area contributed by atoms with Crippen LogP contribution in [0.25, 0.3) is 0 Å². The Morgan fingerprint density at radius 1 is 0.643 bits per heavy atom. The van der Waals surface area contributed by atoms with E-state index >= 15 is 0 Å². The summed E-state index contributed by atoms with van der Waals surface area (Å²) < 4.78 is 54.4. The van der Waals surface area contributed by atoms with Gasteiger partial charge in [0.1, 0.15) is 0 Å². The quantitative estimate of drug-likeness (QED) is 0.566. The van der Waals surface area contributed by atoms with Crippen LogP contribution in [0.1, 0.15) is 0 Å². The van der Waals surface area contributed by atoms with Gasteiger partial charge < -0.3 is 0 Å². The van der Waals surface area contributed by atoms with Crippen LogP contribution in [0.5, 0.6) is 0 Å². The molecule has 0 saturated carbocycles. The molecule has 2 N–H and O–H groups in total. The lowest BCUT2D eigenvalue weighted by molar-refractivity contribution is 0.599. The van der Waals surface area contributed by atoms with Crippen molar-refractivity contribution < 1.29 is 16.8 Å². The first kappa shape index (κ1) is 20.5. The summed E-state index contributed by atoms with van der Waals surface area (Å²) in [5, 5.41) is 0.442. The van der Waals surface area contributed by atoms with Crippen LogP contribution in [-0.4, -0.2) is 16.8 Å². The van der Waals surface area contributed by atoms with Gasteiger partial charge in [-0.1, -0.05) is 41.4 Å². The molecular formula is C18H14Cl2N2O4S2. The highest BCUT2D eigenvalue weighted by molar-refractivity contribution is 7.93. The Labute approximate surface area is 173 Å². The maximum Gasteiger partial charge on any atom is 0.261 e. The van der Waals surface area contributed by atoms with Crippen LogP contribution >= 0.6 is 23.2 Å². The summed E-state index contributed by atoms with van der Waals surface area (Å²) >= 11 is 11.9. The maximum absolute atomic E-state index is 12.4. The predicted molar refractivity (Wildman–Crippen MR) is 111 cm³/mol. The fraction of sp³-hybridized carbons (Fsp3) is 0. The number of rotatable bonds is 6. The van der Waals surface area contributed by atoms with Gasteiger partial charge in [-0.2, -0.15) is 0 Å². The van der Waals surface area contributed by atoms with E-state index in [0.29, 0.717) is 5.02 Å². The molecule has 0 unspecified atom stereocenters. The summed E-state index contributed by atoms with van der Waals surface area (Å²) in [6.45, 7) is 0. The molecule has 0 aromatic heterocycles. The fourth-order valence-electron chi connectivity index (χ4n) is 2.29. The highest BCUT2D eigenvalue weighted by atomic mass is 35.5. The molecule has 0 spiro atoms. The van der Waals surface area contributed by atoms with Crippen molar-refractivity contribution in [1.82, 2.24) is 0 Å². The number of benzene rings is 3. The van der Waals surface area contributed by atoms with Gasteiger partial charge in [-0.15, -0.1) is 0 Å². The minimum Gasteiger partial charge on any atom is -0.280 e. The van der Waals surface area contributed by atoms with Gasteiger partial charge in [-0.3, -0.25) is 9.44 Å². The van der Waals surface area contributed by atoms with Gasteiger partial charge in [0.15, 0.2) is 0 Å². The van der Waals surface area contributed by atoms with E-state index in [1.165, 1.54) is 54.6 Å². The van der Waals surface area contributed by atoms with E-state index in [1.807, 2.05) is 0 Å². The molecule has 0 heterocycles. The lowest BCUT2D eigenvalue weighted by Gasteiger charge is -2.12. The molecule has 10 heteroatoms. The van der Waals surface area contributed by atoms with Gasteiger partial charge in [0.05, 0.1) is 26.2 Å². The zero-order valence-corrected chi connectivity index (χ0v) is 17.3. The van der Waals surface area contributed by atoms with Crippen LogP contribution < -0.4 is 9.44 Å². The van der Waals surface area contributed by atoms with Crippen LogP contribution in [0.4, 0.5) is 11.4 Å². The normalized spacial score (nSPS) is 11.8. The molecule has 0 bridgehead atoms. The van der Waals surface area contributed by atoms with Crippen molar-refractivity contribution in [2.75, 3.05) is 9.44 Å². The summed E-state index contributed by atoms with van der Waals surface area (Å²) in [5.41, 5.74) is 0.308. The molecule has 146 valence electrons. The van der Waals surface area contributed by atoms with Crippen LogP contribution in [0.15, 0.2) is 82.6 Å². The number of sulfonamides is 2. The average Bonchev–Trinajstić information content (AvgIpc) is 2.65. The highest BCUT2D eigenvalue weighted by Gasteiger charge is 2.17. The Bertz CT molecular complexity index is 1200. The summed E-state index contributed by atoms with van der Waals surface area (Å²) in [4.78, 5) is 0.112. The maximum atomic E-state index is 12.4. The van der Waals surface area contributed by atoms with Crippen molar-refractivity contribution >= 4 is 54.6 Å². The molecule has 0 radical (unpaired) electrons. The van der Waals surface area contributed by atoms with Gasteiger partial charge >= 0.3 is 0 Å². The van der Waals surface area contributed by atoms with Crippen molar-refractivity contribution in [2.24, 2.45) is 0 Å². The standard InChI is InChI=1S/C18H14Cl2N2O4S2/c19-13-6-9-16(10-7-13)28(25,26)22-18-11-8-14(12-17(18)20)21-27(23,24)15-4-2-1-3-5-15/h1-12,21-22H. The Hall–Kier alpha value is -2.26. The highest BCUT2D eigenvalue weighted by Crippen LogP contribution is 2.29. The van der Waals surface area contributed by atoms with Gasteiger partial charge in [0.2, 0.25) is 0 Å². The van der Waals surface area contributed by atoms with Crippen molar-refractivity contribution in [3.05, 3.63) is 82.8 Å². The first-order chi connectivity index (χ1) is 13.2. The molecule has 3 aromatic rings. The number of hydrogen-bond acceptors (Lipinski definition) is 4. The van der Waals surface area contributed by atoms with Gasteiger partial charge in [-0.05, 0) is 54.6 Å². The van der Waals surface area contributed by atoms with Crippen molar-refractivity contribution in [3.63, 3.8) is 0 Å². The molecule has 0 aliphatic carbocycles. The second-order valence-electron chi connectivity index (χ2n) is 5.67. The van der Waals surface area contributed by atoms with E-state index in [9.17, 15) is 16.8 Å². The number of anilines is 2. The summed E-state index contributed by atoms with van der Waals surface area (Å²) in [5.74, 6) is 0. The largest absolute Gasteiger partial charge is 0.280 e. The van der Waals surface area contributed by atoms with E-state index in [0.717, 1.165) is 0 Å². The second-order valence-corrected chi connectivity index (χ2v) is 9.88. The van der Waals surface area contributed by atoms with E-state index in [2.05, 4.69) is 9.44 Å². The second kappa shape index (κ2) is 8.00. The minimum atomic E-state index is -3.88. The third kappa shape index (κ3) is 4.77. The van der Waals surface area contributed by atoms with Crippen molar-refractivity contribution in [1.29, 1.82) is 0 Å². The van der Waals surface area contributed by atoms with Gasteiger partial charge in [0.25, 0.3) is 20.0 Å². The Morgan fingerprint density at radius 3 is 1.82 bits per heavy atom. The van der Waals surface area contributed by atoms with E-state index in [4.69, 9.17) is 23.2 Å². The fourth-order valence-corrected chi connectivity index (χ4v) is 4.85. The summed E-state index contributed by atoms with van der Waals surface area (Å²) in [6.07, 6.45) is 0. The third-order valence-electron chi connectivity index (χ3n) is 3.64. The molecule has 3 aromatic carbocycles. The van der Waals surface area contributed by atoms with Crippen molar-refractivity contribution in [2.45, 2.75) is 9.79 Å².